The van der Waals surface area contributed by atoms with Gasteiger partial charge in [-0.1, -0.05) is 0 Å². The van der Waals surface area contributed by atoms with Crippen LogP contribution in [0.25, 0.3) is 0 Å². The second-order valence-corrected chi connectivity index (χ2v) is 5.73. The fourth-order valence-electron chi connectivity index (χ4n) is 2.07. The molecule has 0 saturated carbocycles. The van der Waals surface area contributed by atoms with Gasteiger partial charge in [0.1, 0.15) is 5.75 Å². The smallest absolute Gasteiger partial charge is 0.238 e. The molecule has 1 aliphatic heterocycles. The summed E-state index contributed by atoms with van der Waals surface area (Å²) in [6.45, 7) is 1.81. The van der Waals surface area contributed by atoms with Crippen molar-refractivity contribution in [1.82, 2.24) is 10.6 Å². The van der Waals surface area contributed by atoms with Gasteiger partial charge in [0.2, 0.25) is 11.8 Å². The molecule has 1 aliphatic rings. The molecule has 1 saturated heterocycles. The van der Waals surface area contributed by atoms with Crippen LogP contribution in [-0.2, 0) is 16.1 Å². The Hall–Kier alpha value is -1.73. The zero-order chi connectivity index (χ0) is 15.2. The van der Waals surface area contributed by atoms with Crippen LogP contribution >= 0.6 is 11.8 Å². The van der Waals surface area contributed by atoms with E-state index in [1.54, 1.807) is 37.1 Å². The van der Waals surface area contributed by atoms with E-state index in [1.165, 1.54) is 6.92 Å². The Morgan fingerprint density at radius 3 is 2.90 bits per heavy atom. The Balaban J connectivity index is 2.02. The minimum atomic E-state index is -0.139. The molecule has 0 aromatic heterocycles. The molecule has 7 heteroatoms. The molecule has 6 nitrogen and oxygen atoms in total. The Morgan fingerprint density at radius 2 is 2.29 bits per heavy atom. The molecule has 0 bridgehead atoms. The predicted molar refractivity (Wildman–Crippen MR) is 83.4 cm³/mol. The van der Waals surface area contributed by atoms with E-state index in [9.17, 15) is 9.59 Å². The molecule has 1 heterocycles. The standard InChI is InChI=1S/C14H19N3O3S/c1-9(18)17-11-3-4-13(20-2)10(5-11)6-15-14(19)12-7-21-8-16-12/h3-5,12,16H,6-8H2,1-2H3,(H,15,19)(H,17,18). The Kier molecular flexibility index (Phi) is 5.46. The fourth-order valence-corrected chi connectivity index (χ4v) is 3.01. The first-order valence-corrected chi connectivity index (χ1v) is 7.79. The molecule has 21 heavy (non-hydrogen) atoms. The lowest BCUT2D eigenvalue weighted by molar-refractivity contribution is -0.122. The number of carbonyl (C=O) groups excluding carboxylic acids is 2. The maximum absolute atomic E-state index is 12.0. The molecule has 1 aromatic rings. The van der Waals surface area contributed by atoms with Gasteiger partial charge in [0, 0.05) is 36.3 Å². The highest BCUT2D eigenvalue weighted by Gasteiger charge is 2.22. The van der Waals surface area contributed by atoms with Crippen molar-refractivity contribution in [1.29, 1.82) is 0 Å². The van der Waals surface area contributed by atoms with Gasteiger partial charge in [0.05, 0.1) is 13.2 Å². The van der Waals surface area contributed by atoms with E-state index in [1.807, 2.05) is 0 Å². The summed E-state index contributed by atoms with van der Waals surface area (Å²) in [6, 6.07) is 5.20. The van der Waals surface area contributed by atoms with Crippen LogP contribution in [0.1, 0.15) is 12.5 Å². The number of hydrogen-bond donors (Lipinski definition) is 3. The van der Waals surface area contributed by atoms with Crippen LogP contribution in [0.5, 0.6) is 5.75 Å². The molecular formula is C14H19N3O3S. The van der Waals surface area contributed by atoms with E-state index in [2.05, 4.69) is 16.0 Å². The minimum Gasteiger partial charge on any atom is -0.496 e. The summed E-state index contributed by atoms with van der Waals surface area (Å²) in [4.78, 5) is 23.1. The van der Waals surface area contributed by atoms with Gasteiger partial charge >= 0.3 is 0 Å². The predicted octanol–water partition coefficient (Wildman–Crippen LogP) is 0.932. The second-order valence-electron chi connectivity index (χ2n) is 4.70. The summed E-state index contributed by atoms with van der Waals surface area (Å²) in [5.41, 5.74) is 1.50. The Labute approximate surface area is 128 Å². The van der Waals surface area contributed by atoms with Crippen LogP contribution in [0, 0.1) is 0 Å². The van der Waals surface area contributed by atoms with Crippen molar-refractivity contribution in [3.8, 4) is 5.75 Å². The van der Waals surface area contributed by atoms with Crippen molar-refractivity contribution in [3.05, 3.63) is 23.8 Å². The highest BCUT2D eigenvalue weighted by molar-refractivity contribution is 7.99. The number of anilines is 1. The SMILES string of the molecule is COc1ccc(NC(C)=O)cc1CNC(=O)C1CSCN1. The van der Waals surface area contributed by atoms with Crippen LogP contribution in [0.4, 0.5) is 5.69 Å². The van der Waals surface area contributed by atoms with Crippen LogP contribution in [-0.4, -0.2) is 36.6 Å². The normalized spacial score (nSPS) is 17.3. The van der Waals surface area contributed by atoms with Gasteiger partial charge in [0.15, 0.2) is 0 Å². The van der Waals surface area contributed by atoms with Crippen LogP contribution < -0.4 is 20.7 Å². The van der Waals surface area contributed by atoms with E-state index < -0.39 is 0 Å². The number of hydrogen-bond acceptors (Lipinski definition) is 5. The summed E-state index contributed by atoms with van der Waals surface area (Å²) >= 11 is 1.70. The molecule has 1 aromatic carbocycles. The molecule has 1 unspecified atom stereocenters. The third-order valence-electron chi connectivity index (χ3n) is 3.09. The van der Waals surface area contributed by atoms with Gasteiger partial charge in [-0.2, -0.15) is 0 Å². The van der Waals surface area contributed by atoms with Gasteiger partial charge in [0.25, 0.3) is 0 Å². The van der Waals surface area contributed by atoms with Gasteiger partial charge in [-0.25, -0.2) is 0 Å². The molecule has 114 valence electrons. The number of ether oxygens (including phenoxy) is 1. The van der Waals surface area contributed by atoms with E-state index >= 15 is 0 Å². The minimum absolute atomic E-state index is 0.0213. The van der Waals surface area contributed by atoms with E-state index in [-0.39, 0.29) is 17.9 Å². The molecular weight excluding hydrogens is 290 g/mol. The summed E-state index contributed by atoms with van der Waals surface area (Å²) in [7, 11) is 1.58. The average Bonchev–Trinajstić information content (AvgIpc) is 2.98. The maximum atomic E-state index is 12.0. The molecule has 3 N–H and O–H groups in total. The average molecular weight is 309 g/mol. The van der Waals surface area contributed by atoms with Crippen LogP contribution in [0.3, 0.4) is 0 Å². The first-order chi connectivity index (χ1) is 10.1. The highest BCUT2D eigenvalue weighted by Crippen LogP contribution is 2.22. The zero-order valence-electron chi connectivity index (χ0n) is 12.1. The number of methoxy groups -OCH3 is 1. The summed E-state index contributed by atoms with van der Waals surface area (Å²) in [5, 5.41) is 8.73. The molecule has 0 spiro atoms. The number of nitrogens with one attached hydrogen (secondary N) is 3. The van der Waals surface area contributed by atoms with Gasteiger partial charge in [-0.3, -0.25) is 14.9 Å². The lowest BCUT2D eigenvalue weighted by Gasteiger charge is -2.14. The first kappa shape index (κ1) is 15.7. The van der Waals surface area contributed by atoms with Gasteiger partial charge < -0.3 is 15.4 Å². The van der Waals surface area contributed by atoms with E-state index in [0.717, 1.165) is 17.2 Å². The van der Waals surface area contributed by atoms with Crippen LogP contribution in [0.15, 0.2) is 18.2 Å². The topological polar surface area (TPSA) is 79.5 Å². The first-order valence-electron chi connectivity index (χ1n) is 6.63. The quantitative estimate of drug-likeness (QED) is 0.754. The number of thioether (sulfide) groups is 1. The number of rotatable bonds is 5. The monoisotopic (exact) mass is 309 g/mol. The van der Waals surface area contributed by atoms with Crippen molar-refractivity contribution < 1.29 is 14.3 Å². The third-order valence-corrected chi connectivity index (χ3v) is 4.03. The van der Waals surface area contributed by atoms with Gasteiger partial charge in [-0.15, -0.1) is 11.8 Å². The molecule has 1 fully saturated rings. The summed E-state index contributed by atoms with van der Waals surface area (Å²) in [5.74, 6) is 2.11. The molecule has 0 radical (unpaired) electrons. The fraction of sp³-hybridized carbons (Fsp3) is 0.429. The maximum Gasteiger partial charge on any atom is 0.238 e. The van der Waals surface area contributed by atoms with Crippen molar-refractivity contribution in [3.63, 3.8) is 0 Å². The van der Waals surface area contributed by atoms with Crippen molar-refractivity contribution in [2.75, 3.05) is 24.1 Å². The molecule has 1 atom stereocenters. The van der Waals surface area contributed by atoms with Crippen molar-refractivity contribution in [2.45, 2.75) is 19.5 Å². The van der Waals surface area contributed by atoms with E-state index in [4.69, 9.17) is 4.74 Å². The number of amides is 2. The van der Waals surface area contributed by atoms with Gasteiger partial charge in [-0.05, 0) is 18.2 Å². The highest BCUT2D eigenvalue weighted by atomic mass is 32.2. The second kappa shape index (κ2) is 7.33. The molecule has 2 amide bonds. The Morgan fingerprint density at radius 1 is 1.48 bits per heavy atom. The summed E-state index contributed by atoms with van der Waals surface area (Å²) < 4.78 is 5.28. The number of carbonyl (C=O) groups is 2. The summed E-state index contributed by atoms with van der Waals surface area (Å²) in [6.07, 6.45) is 0. The lowest BCUT2D eigenvalue weighted by Crippen LogP contribution is -2.41. The van der Waals surface area contributed by atoms with E-state index in [0.29, 0.717) is 18.0 Å². The van der Waals surface area contributed by atoms with Crippen molar-refractivity contribution >= 4 is 29.3 Å². The number of benzene rings is 1. The largest absolute Gasteiger partial charge is 0.496 e. The molecule has 2 rings (SSSR count). The lowest BCUT2D eigenvalue weighted by atomic mass is 10.1. The van der Waals surface area contributed by atoms with Crippen LogP contribution in [0.2, 0.25) is 0 Å². The zero-order valence-corrected chi connectivity index (χ0v) is 12.9. The Bertz CT molecular complexity index is 530. The third kappa shape index (κ3) is 4.37. The van der Waals surface area contributed by atoms with Crippen molar-refractivity contribution in [2.24, 2.45) is 0 Å². The molecule has 0 aliphatic carbocycles.